The molecule has 1 saturated heterocycles. The first-order chi connectivity index (χ1) is 13.4. The Labute approximate surface area is 160 Å². The van der Waals surface area contributed by atoms with Crippen LogP contribution in [0.2, 0.25) is 0 Å². The average molecular weight is 392 g/mol. The predicted octanol–water partition coefficient (Wildman–Crippen LogP) is 3.85. The Morgan fingerprint density at radius 2 is 1.89 bits per heavy atom. The van der Waals surface area contributed by atoms with Gasteiger partial charge < -0.3 is 19.3 Å². The maximum atomic E-state index is 13.0. The monoisotopic (exact) mass is 392 g/mol. The number of hydrogen-bond acceptors (Lipinski definition) is 5. The van der Waals surface area contributed by atoms with Gasteiger partial charge in [-0.1, -0.05) is 6.07 Å². The molecule has 0 saturated carbocycles. The first-order valence-corrected chi connectivity index (χ1v) is 8.91. The molecular formula is C20H19F3N2O3. The van der Waals surface area contributed by atoms with E-state index in [1.165, 1.54) is 13.2 Å². The Balaban J connectivity index is 1.57. The number of rotatable bonds is 3. The molecule has 2 aliphatic rings. The van der Waals surface area contributed by atoms with E-state index in [9.17, 15) is 18.0 Å². The Morgan fingerprint density at radius 1 is 1.14 bits per heavy atom. The number of carbonyl (C=O) groups excluding carboxylic acids is 1. The van der Waals surface area contributed by atoms with Crippen LogP contribution in [0.15, 0.2) is 42.5 Å². The van der Waals surface area contributed by atoms with Crippen molar-refractivity contribution in [2.24, 2.45) is 5.92 Å². The Hall–Kier alpha value is -2.90. The number of alkyl halides is 3. The summed E-state index contributed by atoms with van der Waals surface area (Å²) in [6, 6.07) is 11.3. The maximum Gasteiger partial charge on any atom is 0.416 e. The number of anilines is 3. The summed E-state index contributed by atoms with van der Waals surface area (Å²) < 4.78 is 49.1. The smallest absolute Gasteiger partial charge is 0.416 e. The summed E-state index contributed by atoms with van der Waals surface area (Å²) in [5, 5.41) is 0. The first kappa shape index (κ1) is 18.5. The number of carbonyl (C=O) groups is 1. The lowest BCUT2D eigenvalue weighted by Gasteiger charge is -2.40. The Morgan fingerprint density at radius 3 is 2.61 bits per heavy atom. The Kier molecular flexibility index (Phi) is 4.56. The van der Waals surface area contributed by atoms with Crippen molar-refractivity contribution in [1.29, 1.82) is 0 Å². The largest absolute Gasteiger partial charge is 0.490 e. The third-order valence-electron chi connectivity index (χ3n) is 5.07. The molecule has 0 aliphatic carbocycles. The lowest BCUT2D eigenvalue weighted by Crippen LogP contribution is -2.50. The zero-order valence-electron chi connectivity index (χ0n) is 15.2. The molecule has 8 heteroatoms. The summed E-state index contributed by atoms with van der Waals surface area (Å²) in [5.41, 5.74) is 1.70. The van der Waals surface area contributed by atoms with Crippen molar-refractivity contribution in [2.45, 2.75) is 6.18 Å². The molecule has 0 bridgehead atoms. The molecule has 0 amide bonds. The fourth-order valence-corrected chi connectivity index (χ4v) is 3.53. The van der Waals surface area contributed by atoms with Gasteiger partial charge in [0, 0.05) is 24.5 Å². The quantitative estimate of drug-likeness (QED) is 0.743. The SMILES string of the molecule is COC(=O)C1CN(c2cccc(N3CCOc4cc(C(F)(F)F)ccc43)c2)C1. The van der Waals surface area contributed by atoms with E-state index in [0.29, 0.717) is 31.9 Å². The number of fused-ring (bicyclic) bond motifs is 1. The summed E-state index contributed by atoms with van der Waals surface area (Å²) in [4.78, 5) is 15.6. The third kappa shape index (κ3) is 3.34. The minimum Gasteiger partial charge on any atom is -0.490 e. The molecule has 0 N–H and O–H groups in total. The Bertz CT molecular complexity index is 895. The van der Waals surface area contributed by atoms with E-state index in [-0.39, 0.29) is 17.6 Å². The molecule has 5 nitrogen and oxygen atoms in total. The molecule has 148 valence electrons. The van der Waals surface area contributed by atoms with Crippen LogP contribution in [-0.4, -0.2) is 39.3 Å². The van der Waals surface area contributed by atoms with Gasteiger partial charge in [-0.3, -0.25) is 4.79 Å². The molecule has 2 aromatic carbocycles. The highest BCUT2D eigenvalue weighted by Crippen LogP contribution is 2.41. The average Bonchev–Trinajstić information content (AvgIpc) is 2.65. The molecule has 4 rings (SSSR count). The molecule has 2 aliphatic heterocycles. The number of benzene rings is 2. The molecule has 0 unspecified atom stereocenters. The van der Waals surface area contributed by atoms with E-state index in [0.717, 1.165) is 23.5 Å². The fraction of sp³-hybridized carbons (Fsp3) is 0.350. The highest BCUT2D eigenvalue weighted by Gasteiger charge is 2.34. The summed E-state index contributed by atoms with van der Waals surface area (Å²) >= 11 is 0. The zero-order valence-corrected chi connectivity index (χ0v) is 15.2. The minimum atomic E-state index is -4.41. The molecule has 0 radical (unpaired) electrons. The van der Waals surface area contributed by atoms with Crippen LogP contribution < -0.4 is 14.5 Å². The maximum absolute atomic E-state index is 13.0. The number of hydrogen-bond donors (Lipinski definition) is 0. The molecular weight excluding hydrogens is 373 g/mol. The van der Waals surface area contributed by atoms with Crippen molar-refractivity contribution >= 4 is 23.0 Å². The normalized spacial score (nSPS) is 16.9. The van der Waals surface area contributed by atoms with Crippen molar-refractivity contribution in [1.82, 2.24) is 0 Å². The van der Waals surface area contributed by atoms with Gasteiger partial charge in [0.25, 0.3) is 0 Å². The fourth-order valence-electron chi connectivity index (χ4n) is 3.53. The molecule has 0 atom stereocenters. The number of esters is 1. The molecule has 0 spiro atoms. The molecule has 2 heterocycles. The second-order valence-electron chi connectivity index (χ2n) is 6.83. The van der Waals surface area contributed by atoms with Gasteiger partial charge in [0.1, 0.15) is 12.4 Å². The van der Waals surface area contributed by atoms with Crippen LogP contribution in [0.3, 0.4) is 0 Å². The van der Waals surface area contributed by atoms with Gasteiger partial charge in [-0.15, -0.1) is 0 Å². The van der Waals surface area contributed by atoms with Crippen LogP contribution >= 0.6 is 0 Å². The van der Waals surface area contributed by atoms with Crippen LogP contribution in [0, 0.1) is 5.92 Å². The molecule has 28 heavy (non-hydrogen) atoms. The highest BCUT2D eigenvalue weighted by atomic mass is 19.4. The molecule has 2 aromatic rings. The number of halogens is 3. The summed E-state index contributed by atoms with van der Waals surface area (Å²) in [5.74, 6) is -0.116. The van der Waals surface area contributed by atoms with E-state index in [1.807, 2.05) is 29.2 Å². The number of ether oxygens (including phenoxy) is 2. The van der Waals surface area contributed by atoms with Crippen molar-refractivity contribution in [2.75, 3.05) is 43.2 Å². The van der Waals surface area contributed by atoms with Gasteiger partial charge in [-0.25, -0.2) is 0 Å². The highest BCUT2D eigenvalue weighted by molar-refractivity contribution is 5.78. The number of methoxy groups -OCH3 is 1. The minimum absolute atomic E-state index is 0.126. The van der Waals surface area contributed by atoms with Gasteiger partial charge in [-0.2, -0.15) is 13.2 Å². The molecule has 1 fully saturated rings. The predicted molar refractivity (Wildman–Crippen MR) is 98.1 cm³/mol. The molecule has 0 aromatic heterocycles. The van der Waals surface area contributed by atoms with Crippen molar-refractivity contribution in [3.8, 4) is 5.75 Å². The second kappa shape index (κ2) is 6.92. The standard InChI is InChI=1S/C20H19F3N2O3/c1-27-19(26)13-11-24(12-13)15-3-2-4-16(10-15)25-7-8-28-18-9-14(20(21,22)23)5-6-17(18)25/h2-6,9-10,13H,7-8,11-12H2,1H3. The van der Waals surface area contributed by atoms with Gasteiger partial charge in [0.05, 0.1) is 30.8 Å². The number of nitrogens with zero attached hydrogens (tertiary/aromatic N) is 2. The first-order valence-electron chi connectivity index (χ1n) is 8.91. The summed E-state index contributed by atoms with van der Waals surface area (Å²) in [7, 11) is 1.38. The van der Waals surface area contributed by atoms with E-state index < -0.39 is 11.7 Å². The van der Waals surface area contributed by atoms with E-state index in [4.69, 9.17) is 9.47 Å². The van der Waals surface area contributed by atoms with Crippen molar-refractivity contribution in [3.05, 3.63) is 48.0 Å². The van der Waals surface area contributed by atoms with Crippen LogP contribution in [0.4, 0.5) is 30.2 Å². The van der Waals surface area contributed by atoms with E-state index in [2.05, 4.69) is 4.90 Å². The topological polar surface area (TPSA) is 42.0 Å². The lowest BCUT2D eigenvalue weighted by molar-refractivity contribution is -0.146. The van der Waals surface area contributed by atoms with E-state index >= 15 is 0 Å². The van der Waals surface area contributed by atoms with Crippen LogP contribution in [0.25, 0.3) is 0 Å². The van der Waals surface area contributed by atoms with Gasteiger partial charge in [0.15, 0.2) is 0 Å². The lowest BCUT2D eigenvalue weighted by atomic mass is 9.99. The van der Waals surface area contributed by atoms with Crippen LogP contribution in [0.1, 0.15) is 5.56 Å². The van der Waals surface area contributed by atoms with Crippen molar-refractivity contribution < 1.29 is 27.4 Å². The van der Waals surface area contributed by atoms with Gasteiger partial charge in [-0.05, 0) is 36.4 Å². The zero-order chi connectivity index (χ0) is 19.9. The van der Waals surface area contributed by atoms with Crippen molar-refractivity contribution in [3.63, 3.8) is 0 Å². The second-order valence-corrected chi connectivity index (χ2v) is 6.83. The summed E-state index contributed by atoms with van der Waals surface area (Å²) in [6.45, 7) is 2.01. The van der Waals surface area contributed by atoms with Gasteiger partial charge in [0.2, 0.25) is 0 Å². The van der Waals surface area contributed by atoms with Crippen LogP contribution in [-0.2, 0) is 15.7 Å². The third-order valence-corrected chi connectivity index (χ3v) is 5.07. The van der Waals surface area contributed by atoms with Crippen LogP contribution in [0.5, 0.6) is 5.75 Å². The summed E-state index contributed by atoms with van der Waals surface area (Å²) in [6.07, 6.45) is -4.41. The van der Waals surface area contributed by atoms with Gasteiger partial charge >= 0.3 is 12.1 Å². The van der Waals surface area contributed by atoms with E-state index in [1.54, 1.807) is 0 Å².